The van der Waals surface area contributed by atoms with E-state index in [1.165, 1.54) is 12.5 Å². The monoisotopic (exact) mass is 340 g/mol. The first-order valence-corrected chi connectivity index (χ1v) is 7.00. The van der Waals surface area contributed by atoms with Gasteiger partial charge in [0.15, 0.2) is 4.67 Å². The van der Waals surface area contributed by atoms with Crippen LogP contribution in [0.4, 0.5) is 0 Å². The summed E-state index contributed by atoms with van der Waals surface area (Å²) >= 11 is 3.17. The van der Waals surface area contributed by atoms with Crippen LogP contribution in [0.1, 0.15) is 28.9 Å². The number of H-pyrrole nitrogens is 1. The summed E-state index contributed by atoms with van der Waals surface area (Å²) in [6.07, 6.45) is 4.14. The molecule has 3 heterocycles. The highest BCUT2D eigenvalue weighted by Gasteiger charge is 2.39. The maximum Gasteiger partial charge on any atom is 0.257 e. The van der Waals surface area contributed by atoms with Gasteiger partial charge in [-0.2, -0.15) is 15.4 Å². The van der Waals surface area contributed by atoms with Crippen LogP contribution in [-0.4, -0.2) is 44.4 Å². The van der Waals surface area contributed by atoms with Crippen molar-refractivity contribution in [2.75, 3.05) is 13.1 Å². The van der Waals surface area contributed by atoms with Crippen LogP contribution in [0.5, 0.6) is 0 Å². The quantitative estimate of drug-likeness (QED) is 0.858. The highest BCUT2D eigenvalue weighted by Crippen LogP contribution is 2.30. The van der Waals surface area contributed by atoms with Crippen molar-refractivity contribution in [1.82, 2.24) is 20.3 Å². The number of aromatic nitrogens is 3. The third-order valence-electron chi connectivity index (χ3n) is 3.46. The van der Waals surface area contributed by atoms with Crippen molar-refractivity contribution in [2.45, 2.75) is 18.4 Å². The predicted octanol–water partition coefficient (Wildman–Crippen LogP) is 1.28. The second-order valence-electron chi connectivity index (χ2n) is 4.86. The summed E-state index contributed by atoms with van der Waals surface area (Å²) in [4.78, 5) is 14.0. The topological polar surface area (TPSA) is 95.3 Å². The van der Waals surface area contributed by atoms with E-state index >= 15 is 0 Å². The fraction of sp³-hybridized carbons (Fsp3) is 0.417. The number of piperidine rings is 1. The minimum Gasteiger partial charge on any atom is -0.457 e. The van der Waals surface area contributed by atoms with E-state index in [1.807, 2.05) is 0 Å². The van der Waals surface area contributed by atoms with Gasteiger partial charge in [-0.3, -0.25) is 4.79 Å². The van der Waals surface area contributed by atoms with Gasteiger partial charge in [0.1, 0.15) is 17.6 Å². The molecule has 0 radical (unpaired) electrons. The Balaban J connectivity index is 1.80. The maximum absolute atomic E-state index is 12.4. The van der Waals surface area contributed by atoms with Gasteiger partial charge in [-0.05, 0) is 28.8 Å². The number of halogens is 1. The van der Waals surface area contributed by atoms with Gasteiger partial charge in [-0.15, -0.1) is 0 Å². The molecule has 1 aliphatic rings. The summed E-state index contributed by atoms with van der Waals surface area (Å²) in [6.45, 7) is 0.795. The highest BCUT2D eigenvalue weighted by atomic mass is 79.9. The number of aromatic amines is 1. The molecule has 1 atom stereocenters. The summed E-state index contributed by atoms with van der Waals surface area (Å²) in [5, 5.41) is 20.8. The van der Waals surface area contributed by atoms with E-state index in [0.717, 1.165) is 0 Å². The molecule has 8 heteroatoms. The van der Waals surface area contributed by atoms with Crippen molar-refractivity contribution >= 4 is 21.8 Å². The maximum atomic E-state index is 12.4. The Labute approximate surface area is 123 Å². The molecule has 0 aromatic carbocycles. The zero-order valence-corrected chi connectivity index (χ0v) is 12.1. The van der Waals surface area contributed by atoms with E-state index in [-0.39, 0.29) is 12.5 Å². The van der Waals surface area contributed by atoms with Crippen LogP contribution in [0, 0.1) is 0 Å². The Kier molecular flexibility index (Phi) is 3.35. The number of nitrogens with one attached hydrogen (secondary N) is 1. The van der Waals surface area contributed by atoms with Gasteiger partial charge >= 0.3 is 0 Å². The molecule has 1 amide bonds. The number of rotatable bonds is 2. The van der Waals surface area contributed by atoms with Crippen LogP contribution in [0.15, 0.2) is 27.6 Å². The number of nitrogens with zero attached hydrogens (tertiary/aromatic N) is 3. The number of carbonyl (C=O) groups is 1. The number of β-amino-alcohol motifs (C(OH)–C–C–N with tert-alkyl or cyclic N) is 1. The molecule has 1 unspecified atom stereocenters. The highest BCUT2D eigenvalue weighted by molar-refractivity contribution is 9.10. The van der Waals surface area contributed by atoms with Crippen molar-refractivity contribution in [1.29, 1.82) is 0 Å². The minimum absolute atomic E-state index is 0.166. The molecule has 2 aromatic heterocycles. The Morgan fingerprint density at radius 1 is 1.60 bits per heavy atom. The molecule has 2 aromatic rings. The summed E-state index contributed by atoms with van der Waals surface area (Å²) in [7, 11) is 0. The van der Waals surface area contributed by atoms with Crippen LogP contribution in [0.25, 0.3) is 0 Å². The Hall–Kier alpha value is -1.67. The van der Waals surface area contributed by atoms with Crippen molar-refractivity contribution in [2.24, 2.45) is 0 Å². The SMILES string of the molecule is O=C(c1coc(Br)c1)N1CCCC(O)(c2cn[nH]n2)C1. The fourth-order valence-electron chi connectivity index (χ4n) is 2.45. The minimum atomic E-state index is -1.15. The largest absolute Gasteiger partial charge is 0.457 e. The normalized spacial score (nSPS) is 23.0. The molecular weight excluding hydrogens is 328 g/mol. The third-order valence-corrected chi connectivity index (χ3v) is 3.88. The third kappa shape index (κ3) is 2.36. The molecule has 1 fully saturated rings. The number of hydrogen-bond acceptors (Lipinski definition) is 5. The molecule has 0 aliphatic carbocycles. The lowest BCUT2D eigenvalue weighted by Gasteiger charge is -2.37. The van der Waals surface area contributed by atoms with Gasteiger partial charge in [0.25, 0.3) is 5.91 Å². The fourth-order valence-corrected chi connectivity index (χ4v) is 2.79. The molecule has 2 N–H and O–H groups in total. The van der Waals surface area contributed by atoms with Crippen LogP contribution in [0.2, 0.25) is 0 Å². The van der Waals surface area contributed by atoms with Crippen molar-refractivity contribution in [3.8, 4) is 0 Å². The average Bonchev–Trinajstić information content (AvgIpc) is 3.09. The van der Waals surface area contributed by atoms with E-state index in [2.05, 4.69) is 31.3 Å². The molecular formula is C12H13BrN4O3. The summed E-state index contributed by atoms with van der Waals surface area (Å²) in [6, 6.07) is 1.62. The second-order valence-corrected chi connectivity index (χ2v) is 5.64. The van der Waals surface area contributed by atoms with E-state index in [1.54, 1.807) is 11.0 Å². The molecule has 7 nitrogen and oxygen atoms in total. The number of likely N-dealkylation sites (tertiary alicyclic amines) is 1. The van der Waals surface area contributed by atoms with E-state index in [4.69, 9.17) is 4.42 Å². The van der Waals surface area contributed by atoms with E-state index in [0.29, 0.717) is 35.3 Å². The van der Waals surface area contributed by atoms with Gasteiger partial charge < -0.3 is 14.4 Å². The number of aliphatic hydroxyl groups is 1. The summed E-state index contributed by atoms with van der Waals surface area (Å²) < 4.78 is 5.58. The van der Waals surface area contributed by atoms with Crippen LogP contribution in [-0.2, 0) is 5.60 Å². The first-order chi connectivity index (χ1) is 9.58. The zero-order valence-electron chi connectivity index (χ0n) is 10.5. The van der Waals surface area contributed by atoms with Crippen LogP contribution >= 0.6 is 15.9 Å². The van der Waals surface area contributed by atoms with Gasteiger partial charge in [-0.25, -0.2) is 0 Å². The molecule has 20 heavy (non-hydrogen) atoms. The van der Waals surface area contributed by atoms with Gasteiger partial charge in [0, 0.05) is 12.6 Å². The van der Waals surface area contributed by atoms with Gasteiger partial charge in [0.05, 0.1) is 18.3 Å². The van der Waals surface area contributed by atoms with E-state index in [9.17, 15) is 9.90 Å². The Bertz CT molecular complexity index is 612. The smallest absolute Gasteiger partial charge is 0.257 e. The van der Waals surface area contributed by atoms with Crippen molar-refractivity contribution < 1.29 is 14.3 Å². The van der Waals surface area contributed by atoms with Crippen LogP contribution < -0.4 is 0 Å². The standard InChI is InChI=1S/C12H13BrN4O3/c13-10-4-8(6-20-10)11(18)17-3-1-2-12(19,7-17)9-5-14-16-15-9/h4-6,19H,1-3,7H2,(H,14,15,16). The first-order valence-electron chi connectivity index (χ1n) is 6.20. The second kappa shape index (κ2) is 5.02. The lowest BCUT2D eigenvalue weighted by molar-refractivity contribution is -0.0320. The summed E-state index contributed by atoms with van der Waals surface area (Å²) in [5.41, 5.74) is -0.230. The lowest BCUT2D eigenvalue weighted by atomic mass is 9.90. The van der Waals surface area contributed by atoms with E-state index < -0.39 is 5.60 Å². The zero-order chi connectivity index (χ0) is 14.2. The molecule has 106 valence electrons. The first kappa shape index (κ1) is 13.3. The van der Waals surface area contributed by atoms with Crippen LogP contribution in [0.3, 0.4) is 0 Å². The molecule has 0 bridgehead atoms. The lowest BCUT2D eigenvalue weighted by Crippen LogP contribution is -2.48. The Morgan fingerprint density at radius 2 is 2.45 bits per heavy atom. The predicted molar refractivity (Wildman–Crippen MR) is 71.8 cm³/mol. The van der Waals surface area contributed by atoms with Crippen molar-refractivity contribution in [3.63, 3.8) is 0 Å². The molecule has 0 spiro atoms. The number of carbonyl (C=O) groups excluding carboxylic acids is 1. The Morgan fingerprint density at radius 3 is 3.10 bits per heavy atom. The summed E-state index contributed by atoms with van der Waals surface area (Å²) in [5.74, 6) is -0.166. The number of hydrogen-bond donors (Lipinski definition) is 2. The molecule has 3 rings (SSSR count). The van der Waals surface area contributed by atoms with Gasteiger partial charge in [-0.1, -0.05) is 0 Å². The number of amides is 1. The van der Waals surface area contributed by atoms with Crippen molar-refractivity contribution in [3.05, 3.63) is 34.5 Å². The number of furan rings is 1. The average molecular weight is 341 g/mol. The van der Waals surface area contributed by atoms with Gasteiger partial charge in [0.2, 0.25) is 0 Å². The molecule has 1 aliphatic heterocycles. The molecule has 1 saturated heterocycles. The molecule has 0 saturated carbocycles.